The lowest BCUT2D eigenvalue weighted by Gasteiger charge is -2.42. The normalized spacial score (nSPS) is 16.8. The third kappa shape index (κ3) is 6.20. The summed E-state index contributed by atoms with van der Waals surface area (Å²) in [7, 11) is 0. The summed E-state index contributed by atoms with van der Waals surface area (Å²) in [5.41, 5.74) is 8.89. The van der Waals surface area contributed by atoms with Gasteiger partial charge in [-0.25, -0.2) is 4.79 Å². The fourth-order valence-corrected chi connectivity index (χ4v) is 5.38. The Balaban J connectivity index is 1.98. The second kappa shape index (κ2) is 10.9. The van der Waals surface area contributed by atoms with Gasteiger partial charge in [0.15, 0.2) is 0 Å². The molecule has 0 atom stereocenters. The number of hydrogen-bond acceptors (Lipinski definition) is 1. The molecule has 0 spiro atoms. The van der Waals surface area contributed by atoms with Crippen LogP contribution in [0.1, 0.15) is 131 Å². The van der Waals surface area contributed by atoms with Gasteiger partial charge in [-0.3, -0.25) is 0 Å². The van der Waals surface area contributed by atoms with Gasteiger partial charge in [-0.1, -0.05) is 97.1 Å². The lowest BCUT2D eigenvalue weighted by Crippen LogP contribution is -2.34. The molecule has 0 fully saturated rings. The molecule has 2 aromatic carbocycles. The molecule has 1 aliphatic rings. The monoisotopic (exact) mass is 460 g/mol. The van der Waals surface area contributed by atoms with E-state index in [1.807, 2.05) is 12.1 Å². The van der Waals surface area contributed by atoms with E-state index in [4.69, 9.17) is 0 Å². The van der Waals surface area contributed by atoms with E-state index in [1.54, 1.807) is 12.1 Å². The van der Waals surface area contributed by atoms with Crippen molar-refractivity contribution in [3.8, 4) is 0 Å². The largest absolute Gasteiger partial charge is 0.478 e. The van der Waals surface area contributed by atoms with Crippen LogP contribution in [0.25, 0.3) is 11.6 Å². The van der Waals surface area contributed by atoms with Gasteiger partial charge in [0.25, 0.3) is 0 Å². The van der Waals surface area contributed by atoms with E-state index in [0.29, 0.717) is 5.56 Å². The number of hydrogen-bond donors (Lipinski definition) is 1. The van der Waals surface area contributed by atoms with Crippen LogP contribution in [0.4, 0.5) is 0 Å². The van der Waals surface area contributed by atoms with Gasteiger partial charge in [-0.2, -0.15) is 0 Å². The molecule has 1 N–H and O–H groups in total. The van der Waals surface area contributed by atoms with E-state index in [9.17, 15) is 9.90 Å². The Kier molecular flexibility index (Phi) is 8.44. The predicted octanol–water partition coefficient (Wildman–Crippen LogP) is 9.20. The van der Waals surface area contributed by atoms with Crippen LogP contribution in [0.2, 0.25) is 0 Å². The van der Waals surface area contributed by atoms with Crippen LogP contribution < -0.4 is 0 Å². The van der Waals surface area contributed by atoms with Crippen molar-refractivity contribution in [1.82, 2.24) is 0 Å². The molecule has 0 saturated heterocycles. The van der Waals surface area contributed by atoms with Crippen LogP contribution in [0.3, 0.4) is 0 Å². The average molecular weight is 461 g/mol. The Morgan fingerprint density at radius 3 is 2.03 bits per heavy atom. The molecule has 34 heavy (non-hydrogen) atoms. The molecular weight excluding hydrogens is 416 g/mol. The van der Waals surface area contributed by atoms with Crippen molar-refractivity contribution in [2.45, 2.75) is 110 Å². The van der Waals surface area contributed by atoms with Crippen LogP contribution >= 0.6 is 0 Å². The smallest absolute Gasteiger partial charge is 0.335 e. The molecular formula is C32H44O2. The maximum Gasteiger partial charge on any atom is 0.335 e. The molecule has 1 aliphatic carbocycles. The highest BCUT2D eigenvalue weighted by molar-refractivity contribution is 5.88. The zero-order valence-electron chi connectivity index (χ0n) is 22.3. The molecule has 184 valence electrons. The molecule has 0 heterocycles. The van der Waals surface area contributed by atoms with E-state index in [1.165, 1.54) is 79.2 Å². The first-order chi connectivity index (χ1) is 16.0. The number of carboxylic acids is 1. The fraction of sp³-hybridized carbons (Fsp3) is 0.531. The SMILES string of the molecule is CCCCCCCCc1cc2c(cc1/C(C)=C/c1ccc(C(=O)O)cc1)C(C)(C)CCC2(C)C. The van der Waals surface area contributed by atoms with Gasteiger partial charge < -0.3 is 5.11 Å². The minimum atomic E-state index is -0.881. The van der Waals surface area contributed by atoms with Crippen molar-refractivity contribution in [2.75, 3.05) is 0 Å². The number of carbonyl (C=O) groups is 1. The number of allylic oxidation sites excluding steroid dienone is 1. The van der Waals surface area contributed by atoms with Gasteiger partial charge in [0.2, 0.25) is 0 Å². The molecule has 0 aliphatic heterocycles. The topological polar surface area (TPSA) is 37.3 Å². The van der Waals surface area contributed by atoms with Crippen molar-refractivity contribution in [3.63, 3.8) is 0 Å². The first kappa shape index (κ1) is 26.3. The Morgan fingerprint density at radius 2 is 1.44 bits per heavy atom. The van der Waals surface area contributed by atoms with Crippen molar-refractivity contribution in [1.29, 1.82) is 0 Å². The standard InChI is InChI=1S/C32H44O2/c1-7-8-9-10-11-12-13-26-21-28-29(32(5,6)19-18-31(28,3)4)22-27(26)23(2)20-24-14-16-25(17-15-24)30(33)34/h14-17,20-22H,7-13,18-19H2,1-6H3,(H,33,34)/b23-20+. The van der Waals surface area contributed by atoms with E-state index in [2.05, 4.69) is 59.8 Å². The highest BCUT2D eigenvalue weighted by atomic mass is 16.4. The van der Waals surface area contributed by atoms with E-state index < -0.39 is 5.97 Å². The minimum absolute atomic E-state index is 0.182. The zero-order chi connectivity index (χ0) is 24.9. The van der Waals surface area contributed by atoms with Crippen LogP contribution in [-0.4, -0.2) is 11.1 Å². The summed E-state index contributed by atoms with van der Waals surface area (Å²) >= 11 is 0. The van der Waals surface area contributed by atoms with Crippen molar-refractivity contribution in [2.24, 2.45) is 0 Å². The molecule has 0 radical (unpaired) electrons. The maximum atomic E-state index is 11.2. The lowest BCUT2D eigenvalue weighted by molar-refractivity contribution is 0.0697. The minimum Gasteiger partial charge on any atom is -0.478 e. The third-order valence-electron chi connectivity index (χ3n) is 7.84. The van der Waals surface area contributed by atoms with Crippen LogP contribution in [0.15, 0.2) is 36.4 Å². The van der Waals surface area contributed by atoms with Crippen molar-refractivity contribution < 1.29 is 9.90 Å². The lowest BCUT2D eigenvalue weighted by atomic mass is 9.62. The van der Waals surface area contributed by atoms with E-state index in [0.717, 1.165) is 12.0 Å². The third-order valence-corrected chi connectivity index (χ3v) is 7.84. The van der Waals surface area contributed by atoms with Crippen LogP contribution in [0, 0.1) is 0 Å². The molecule has 3 rings (SSSR count). The molecule has 0 unspecified atom stereocenters. The van der Waals surface area contributed by atoms with Gasteiger partial charge in [-0.05, 0) is 89.0 Å². The van der Waals surface area contributed by atoms with Crippen LogP contribution in [0.5, 0.6) is 0 Å². The first-order valence-electron chi connectivity index (χ1n) is 13.2. The Bertz CT molecular complexity index is 1020. The molecule has 2 heteroatoms. The number of carboxylic acid groups (broad SMARTS) is 1. The summed E-state index contributed by atoms with van der Waals surface area (Å²) in [6, 6.07) is 12.2. The van der Waals surface area contributed by atoms with Crippen LogP contribution in [-0.2, 0) is 17.3 Å². The quantitative estimate of drug-likeness (QED) is 0.283. The molecule has 0 amide bonds. The van der Waals surface area contributed by atoms with Gasteiger partial charge in [-0.15, -0.1) is 0 Å². The summed E-state index contributed by atoms with van der Waals surface area (Å²) in [6.45, 7) is 14.1. The Morgan fingerprint density at radius 1 is 0.882 bits per heavy atom. The number of aryl methyl sites for hydroxylation is 1. The zero-order valence-corrected chi connectivity index (χ0v) is 22.3. The Labute approximate surface area is 207 Å². The highest BCUT2D eigenvalue weighted by Gasteiger charge is 2.37. The fourth-order valence-electron chi connectivity index (χ4n) is 5.38. The number of unbranched alkanes of at least 4 members (excludes halogenated alkanes) is 5. The summed E-state index contributed by atoms with van der Waals surface area (Å²) in [4.78, 5) is 11.2. The average Bonchev–Trinajstić information content (AvgIpc) is 2.79. The molecule has 0 aromatic heterocycles. The van der Waals surface area contributed by atoms with Gasteiger partial charge in [0.05, 0.1) is 5.56 Å². The molecule has 2 aromatic rings. The summed E-state index contributed by atoms with van der Waals surface area (Å²) in [5, 5.41) is 9.21. The Hall–Kier alpha value is -2.35. The molecule has 0 bridgehead atoms. The van der Waals surface area contributed by atoms with E-state index >= 15 is 0 Å². The first-order valence-corrected chi connectivity index (χ1v) is 13.2. The van der Waals surface area contributed by atoms with Gasteiger partial charge in [0.1, 0.15) is 0 Å². The summed E-state index contributed by atoms with van der Waals surface area (Å²) in [5.74, 6) is -0.881. The molecule has 2 nitrogen and oxygen atoms in total. The maximum absolute atomic E-state index is 11.2. The van der Waals surface area contributed by atoms with Crippen molar-refractivity contribution in [3.05, 3.63) is 69.8 Å². The summed E-state index contributed by atoms with van der Waals surface area (Å²) in [6.07, 6.45) is 13.6. The highest BCUT2D eigenvalue weighted by Crippen LogP contribution is 2.47. The summed E-state index contributed by atoms with van der Waals surface area (Å²) < 4.78 is 0. The number of benzene rings is 2. The molecule has 0 saturated carbocycles. The van der Waals surface area contributed by atoms with Crippen molar-refractivity contribution >= 4 is 17.6 Å². The number of aromatic carboxylic acids is 1. The van der Waals surface area contributed by atoms with Gasteiger partial charge in [0, 0.05) is 0 Å². The van der Waals surface area contributed by atoms with E-state index in [-0.39, 0.29) is 10.8 Å². The van der Waals surface area contributed by atoms with Gasteiger partial charge >= 0.3 is 5.97 Å². The number of rotatable bonds is 10. The second-order valence-electron chi connectivity index (χ2n) is 11.6. The second-order valence-corrected chi connectivity index (χ2v) is 11.6. The number of fused-ring (bicyclic) bond motifs is 1. The predicted molar refractivity (Wildman–Crippen MR) is 146 cm³/mol.